The number of amides is 1. The van der Waals surface area contributed by atoms with Gasteiger partial charge in [-0.1, -0.05) is 30.3 Å². The molecule has 7 nitrogen and oxygen atoms in total. The van der Waals surface area contributed by atoms with Crippen LogP contribution in [0.1, 0.15) is 42.0 Å². The van der Waals surface area contributed by atoms with Crippen molar-refractivity contribution in [2.24, 2.45) is 5.92 Å². The van der Waals surface area contributed by atoms with Gasteiger partial charge in [0.05, 0.1) is 18.8 Å². The molecule has 6 aliphatic rings. The molecule has 3 unspecified atom stereocenters. The highest BCUT2D eigenvalue weighted by atomic mass is 32.2. The Labute approximate surface area is 208 Å². The average Bonchev–Trinajstić information content (AvgIpc) is 3.00. The number of hydrogen-bond acceptors (Lipinski definition) is 7. The number of carbonyl (C=O) groups excluding carboxylic acids is 2. The minimum Gasteiger partial charge on any atom is -0.490 e. The van der Waals surface area contributed by atoms with Gasteiger partial charge in [0.2, 0.25) is 0 Å². The maximum atomic E-state index is 13.6. The number of rotatable bonds is 0. The van der Waals surface area contributed by atoms with Gasteiger partial charge in [0.15, 0.2) is 11.8 Å². The topological polar surface area (TPSA) is 73.3 Å². The van der Waals surface area contributed by atoms with Crippen molar-refractivity contribution in [2.75, 3.05) is 13.2 Å². The van der Waals surface area contributed by atoms with Gasteiger partial charge in [-0.3, -0.25) is 14.6 Å². The fourth-order valence-electron chi connectivity index (χ4n) is 6.15. The van der Waals surface area contributed by atoms with Crippen LogP contribution < -0.4 is 4.74 Å². The molecule has 1 aliphatic carbocycles. The molecule has 8 heteroatoms. The number of thioether (sulfide) groups is 1. The molecule has 1 saturated heterocycles. The second-order valence-corrected chi connectivity index (χ2v) is 11.1. The molecular weight excluding hydrogens is 462 g/mol. The minimum absolute atomic E-state index is 0.180. The number of benzene rings is 2. The molecule has 2 aromatic carbocycles. The molecule has 180 valence electrons. The Bertz CT molecular complexity index is 1240. The summed E-state index contributed by atoms with van der Waals surface area (Å²) in [7, 11) is 0. The van der Waals surface area contributed by atoms with Crippen LogP contribution in [-0.2, 0) is 15.3 Å². The van der Waals surface area contributed by atoms with E-state index in [-0.39, 0.29) is 18.1 Å². The van der Waals surface area contributed by atoms with Crippen molar-refractivity contribution in [3.8, 4) is 5.75 Å². The number of aliphatic hydroxyl groups is 1. The van der Waals surface area contributed by atoms with E-state index >= 15 is 0 Å². The Morgan fingerprint density at radius 1 is 1.06 bits per heavy atom. The van der Waals surface area contributed by atoms with Gasteiger partial charge in [-0.15, -0.1) is 11.8 Å². The second-order valence-electron chi connectivity index (χ2n) is 10.1. The van der Waals surface area contributed by atoms with E-state index in [0.717, 1.165) is 41.9 Å². The quantitative estimate of drug-likeness (QED) is 0.610. The smallest absolute Gasteiger partial charge is 0.251 e. The van der Waals surface area contributed by atoms with Crippen LogP contribution in [0, 0.1) is 5.92 Å². The molecule has 0 spiro atoms. The van der Waals surface area contributed by atoms with Gasteiger partial charge in [0, 0.05) is 35.0 Å². The van der Waals surface area contributed by atoms with Crippen molar-refractivity contribution >= 4 is 23.5 Å². The summed E-state index contributed by atoms with van der Waals surface area (Å²) in [5, 5.41) is 14.8. The molecule has 1 amide bonds. The Kier molecular flexibility index (Phi) is 4.98. The van der Waals surface area contributed by atoms with E-state index in [2.05, 4.69) is 47.5 Å². The summed E-state index contributed by atoms with van der Waals surface area (Å²) < 4.78 is 6.63. The van der Waals surface area contributed by atoms with Crippen LogP contribution in [0.3, 0.4) is 0 Å². The summed E-state index contributed by atoms with van der Waals surface area (Å²) in [6.07, 6.45) is 4.74. The lowest BCUT2D eigenvalue weighted by Gasteiger charge is -2.53. The second kappa shape index (κ2) is 8.11. The molecule has 0 aromatic heterocycles. The third-order valence-corrected chi connectivity index (χ3v) is 9.20. The predicted octanol–water partition coefficient (Wildman–Crippen LogP) is 3.09. The first-order valence-corrected chi connectivity index (χ1v) is 13.3. The number of hydrazine groups is 1. The van der Waals surface area contributed by atoms with Gasteiger partial charge in [-0.25, -0.2) is 0 Å². The van der Waals surface area contributed by atoms with Crippen molar-refractivity contribution in [1.82, 2.24) is 14.9 Å². The van der Waals surface area contributed by atoms with Crippen LogP contribution in [0.2, 0.25) is 0 Å². The third-order valence-electron chi connectivity index (χ3n) is 8.06. The van der Waals surface area contributed by atoms with Crippen LogP contribution in [0.25, 0.3) is 0 Å². The van der Waals surface area contributed by atoms with Gasteiger partial charge in [0.1, 0.15) is 11.9 Å². The lowest BCUT2D eigenvalue weighted by atomic mass is 9.79. The molecular formula is C27H27N3O4S. The Morgan fingerprint density at radius 3 is 2.80 bits per heavy atom. The summed E-state index contributed by atoms with van der Waals surface area (Å²) in [4.78, 5) is 29.1. The van der Waals surface area contributed by atoms with Crippen molar-refractivity contribution < 1.29 is 19.4 Å². The van der Waals surface area contributed by atoms with E-state index in [1.165, 1.54) is 16.5 Å². The molecule has 4 atom stereocenters. The predicted molar refractivity (Wildman–Crippen MR) is 130 cm³/mol. The van der Waals surface area contributed by atoms with Gasteiger partial charge in [-0.2, -0.15) is 5.01 Å². The first kappa shape index (κ1) is 21.5. The summed E-state index contributed by atoms with van der Waals surface area (Å²) in [6, 6.07) is 13.5. The summed E-state index contributed by atoms with van der Waals surface area (Å²) >= 11 is 1.81. The lowest BCUT2D eigenvalue weighted by molar-refractivity contribution is -0.186. The number of ketones is 1. The van der Waals surface area contributed by atoms with Crippen molar-refractivity contribution in [3.63, 3.8) is 0 Å². The van der Waals surface area contributed by atoms with E-state index < -0.39 is 17.9 Å². The molecule has 2 fully saturated rings. The van der Waals surface area contributed by atoms with E-state index in [4.69, 9.17) is 4.74 Å². The molecule has 5 aliphatic heterocycles. The minimum atomic E-state index is -1.39. The number of hydrogen-bond donors (Lipinski definition) is 1. The lowest BCUT2D eigenvalue weighted by Crippen LogP contribution is -2.68. The SMILES string of the molecule is O=C1C=CN2C(C(=O)N3CCC4CC(C4)Oc4cccc5c4[C@@H](c4ccccc4SC5)N2C3)C1O. The van der Waals surface area contributed by atoms with Gasteiger partial charge < -0.3 is 14.7 Å². The van der Waals surface area contributed by atoms with E-state index in [0.29, 0.717) is 19.1 Å². The molecule has 1 N–H and O–H groups in total. The number of carbonyl (C=O) groups is 2. The van der Waals surface area contributed by atoms with E-state index in [1.54, 1.807) is 11.2 Å². The van der Waals surface area contributed by atoms with E-state index in [1.807, 2.05) is 16.7 Å². The highest BCUT2D eigenvalue weighted by Gasteiger charge is 2.50. The molecule has 8 rings (SSSR count). The van der Waals surface area contributed by atoms with Gasteiger partial charge in [-0.05, 0) is 48.4 Å². The highest BCUT2D eigenvalue weighted by Crippen LogP contribution is 2.49. The van der Waals surface area contributed by atoms with Crippen molar-refractivity contribution in [2.45, 2.75) is 54.2 Å². The van der Waals surface area contributed by atoms with Crippen LogP contribution in [0.5, 0.6) is 5.75 Å². The van der Waals surface area contributed by atoms with Gasteiger partial charge >= 0.3 is 0 Å². The summed E-state index contributed by atoms with van der Waals surface area (Å²) in [5.74, 6) is 1.63. The first-order valence-electron chi connectivity index (χ1n) is 12.3. The normalized spacial score (nSPS) is 33.2. The first-order chi connectivity index (χ1) is 17.1. The van der Waals surface area contributed by atoms with Crippen LogP contribution in [0.4, 0.5) is 0 Å². The van der Waals surface area contributed by atoms with Crippen LogP contribution in [-0.4, -0.2) is 63.2 Å². The molecule has 4 bridgehead atoms. The fraction of sp³-hybridized carbons (Fsp3) is 0.407. The molecule has 35 heavy (non-hydrogen) atoms. The standard InChI is InChI=1S/C27H27N3O4S/c31-20-9-11-29-25(26(20)32)27(33)28-10-8-16-12-18(13-16)34-21-6-3-4-17-14-35-22-7-2-1-5-19(22)24(23(17)21)30(29)15-28/h1-7,9,11,16,18,24-26,32H,8,10,12-15H2/t16?,18?,24-,25?,26?/m1/s1. The zero-order chi connectivity index (χ0) is 23.7. The molecule has 1 saturated carbocycles. The van der Waals surface area contributed by atoms with Gasteiger partial charge in [0.25, 0.3) is 5.91 Å². The maximum absolute atomic E-state index is 13.6. The Morgan fingerprint density at radius 2 is 1.91 bits per heavy atom. The molecule has 0 radical (unpaired) electrons. The zero-order valence-electron chi connectivity index (χ0n) is 19.2. The monoisotopic (exact) mass is 489 g/mol. The number of ether oxygens (including phenoxy) is 1. The Balaban J connectivity index is 1.46. The third kappa shape index (κ3) is 3.34. The summed E-state index contributed by atoms with van der Waals surface area (Å²) in [6.45, 7) is 0.994. The number of nitrogens with zero attached hydrogens (tertiary/aromatic N) is 3. The highest BCUT2D eigenvalue weighted by molar-refractivity contribution is 7.98. The Hall–Kier alpha value is -2.81. The number of fused-ring (bicyclic) bond motifs is 3. The molecule has 5 heterocycles. The van der Waals surface area contributed by atoms with Crippen LogP contribution in [0.15, 0.2) is 59.6 Å². The van der Waals surface area contributed by atoms with Crippen LogP contribution >= 0.6 is 11.8 Å². The average molecular weight is 490 g/mol. The number of aliphatic hydroxyl groups excluding tert-OH is 1. The zero-order valence-corrected chi connectivity index (χ0v) is 20.1. The fourth-order valence-corrected chi connectivity index (χ4v) is 7.23. The largest absolute Gasteiger partial charge is 0.490 e. The molecule has 2 aromatic rings. The van der Waals surface area contributed by atoms with Crippen molar-refractivity contribution in [3.05, 3.63) is 71.4 Å². The van der Waals surface area contributed by atoms with E-state index in [9.17, 15) is 14.7 Å². The van der Waals surface area contributed by atoms with Crippen molar-refractivity contribution in [1.29, 1.82) is 0 Å². The maximum Gasteiger partial charge on any atom is 0.251 e. The summed E-state index contributed by atoms with van der Waals surface area (Å²) in [5.41, 5.74) is 3.46.